The normalized spacial score (nSPS) is 17.6. The maximum absolute atomic E-state index is 11.1. The van der Waals surface area contributed by atoms with Gasteiger partial charge in [0.2, 0.25) is 0 Å². The number of nitrogens with zero attached hydrogens (tertiary/aromatic N) is 4. The average molecular weight is 571 g/mol. The number of fused-ring (bicyclic) bond motifs is 1. The number of carbonyl (C=O) groups is 1. The number of carboxylic acids is 1. The van der Waals surface area contributed by atoms with Crippen LogP contribution >= 0.6 is 11.6 Å². The Morgan fingerprint density at radius 1 is 1.05 bits per heavy atom. The molecule has 2 aromatic carbocycles. The lowest BCUT2D eigenvalue weighted by atomic mass is 9.88. The molecule has 0 bridgehead atoms. The number of ether oxygens (including phenoxy) is 2. The molecule has 8 nitrogen and oxygen atoms in total. The van der Waals surface area contributed by atoms with E-state index in [1.165, 1.54) is 5.56 Å². The summed E-state index contributed by atoms with van der Waals surface area (Å²) in [6.07, 6.45) is 9.88. The molecule has 2 aliphatic heterocycles. The van der Waals surface area contributed by atoms with Gasteiger partial charge >= 0.3 is 5.97 Å². The Morgan fingerprint density at radius 3 is 2.63 bits per heavy atom. The fourth-order valence-electron chi connectivity index (χ4n) is 5.59. The van der Waals surface area contributed by atoms with Gasteiger partial charge in [0, 0.05) is 29.1 Å². The van der Waals surface area contributed by atoms with Gasteiger partial charge in [-0.2, -0.15) is 0 Å². The van der Waals surface area contributed by atoms with Gasteiger partial charge in [-0.25, -0.2) is 9.78 Å². The van der Waals surface area contributed by atoms with Gasteiger partial charge in [0.1, 0.15) is 12.4 Å². The van der Waals surface area contributed by atoms with E-state index in [0.717, 1.165) is 66.2 Å². The Morgan fingerprint density at radius 2 is 1.88 bits per heavy atom. The van der Waals surface area contributed by atoms with Gasteiger partial charge < -0.3 is 19.1 Å². The van der Waals surface area contributed by atoms with E-state index in [0.29, 0.717) is 30.6 Å². The first kappa shape index (κ1) is 27.1. The zero-order valence-corrected chi connectivity index (χ0v) is 23.3. The average Bonchev–Trinajstić information content (AvgIpc) is 3.37. The number of hydrogen-bond donors (Lipinski definition) is 1. The van der Waals surface area contributed by atoms with Crippen LogP contribution in [0, 0.1) is 0 Å². The highest BCUT2D eigenvalue weighted by atomic mass is 35.5. The fourth-order valence-corrected chi connectivity index (χ4v) is 5.72. The fraction of sp³-hybridized carbons (Fsp3) is 0.281. The highest BCUT2D eigenvalue weighted by Gasteiger charge is 2.29. The highest BCUT2D eigenvalue weighted by Crippen LogP contribution is 2.44. The number of imidazole rings is 1. The van der Waals surface area contributed by atoms with Crippen molar-refractivity contribution >= 4 is 23.6 Å². The summed E-state index contributed by atoms with van der Waals surface area (Å²) in [5, 5.41) is 9.84. The summed E-state index contributed by atoms with van der Waals surface area (Å²) in [5.74, 6) is 1.94. The lowest BCUT2D eigenvalue weighted by Crippen LogP contribution is -2.34. The predicted octanol–water partition coefficient (Wildman–Crippen LogP) is 5.97. The van der Waals surface area contributed by atoms with Crippen LogP contribution in [0.1, 0.15) is 53.1 Å². The lowest BCUT2D eigenvalue weighted by molar-refractivity contribution is -0.131. The van der Waals surface area contributed by atoms with Crippen molar-refractivity contribution in [1.29, 1.82) is 0 Å². The zero-order chi connectivity index (χ0) is 28.2. The third-order valence-electron chi connectivity index (χ3n) is 7.72. The van der Waals surface area contributed by atoms with Crippen molar-refractivity contribution in [2.75, 3.05) is 19.7 Å². The Kier molecular flexibility index (Phi) is 8.02. The number of aromatic nitrogens is 3. The van der Waals surface area contributed by atoms with E-state index in [1.807, 2.05) is 48.7 Å². The summed E-state index contributed by atoms with van der Waals surface area (Å²) in [6, 6.07) is 17.8. The van der Waals surface area contributed by atoms with Crippen LogP contribution in [-0.4, -0.2) is 50.2 Å². The highest BCUT2D eigenvalue weighted by molar-refractivity contribution is 6.30. The van der Waals surface area contributed by atoms with E-state index in [2.05, 4.69) is 31.6 Å². The molecule has 0 aliphatic carbocycles. The summed E-state index contributed by atoms with van der Waals surface area (Å²) in [4.78, 5) is 22.4. The summed E-state index contributed by atoms with van der Waals surface area (Å²) < 4.78 is 14.7. The number of benzene rings is 2. The summed E-state index contributed by atoms with van der Waals surface area (Å²) in [7, 11) is 0. The molecular formula is C32H31ClN4O4. The van der Waals surface area contributed by atoms with E-state index < -0.39 is 5.97 Å². The molecule has 1 N–H and O–H groups in total. The molecular weight excluding hydrogens is 540 g/mol. The second kappa shape index (κ2) is 12.2. The standard InChI is InChI=1S/C32H31ClN4O4/c33-25-8-6-24(7-9-25)29-21-40-32-27(4-1-5-28(32)41-29)23-12-15-36(16-13-23)20-30-35-18-26(10-11-31(38)39)37(30)19-22-3-2-14-34-17-22/h1-11,14,17-18,23,29H,12-13,15-16,19-21H2,(H,38,39). The Hall–Kier alpha value is -4.14. The van der Waals surface area contributed by atoms with Crippen molar-refractivity contribution in [2.24, 2.45) is 0 Å². The van der Waals surface area contributed by atoms with Gasteiger partial charge in [-0.05, 0) is 73.3 Å². The third-order valence-corrected chi connectivity index (χ3v) is 7.97. The van der Waals surface area contributed by atoms with E-state index in [1.54, 1.807) is 18.5 Å². The van der Waals surface area contributed by atoms with Crippen LogP contribution in [0.4, 0.5) is 0 Å². The van der Waals surface area contributed by atoms with Crippen molar-refractivity contribution in [1.82, 2.24) is 19.4 Å². The van der Waals surface area contributed by atoms with E-state index in [-0.39, 0.29) is 6.10 Å². The van der Waals surface area contributed by atoms with Crippen molar-refractivity contribution in [2.45, 2.75) is 38.0 Å². The number of piperidine rings is 1. The second-order valence-corrected chi connectivity index (χ2v) is 10.8. The number of para-hydroxylation sites is 1. The number of carboxylic acid groups (broad SMARTS) is 1. The van der Waals surface area contributed by atoms with Gasteiger partial charge in [-0.1, -0.05) is 41.9 Å². The van der Waals surface area contributed by atoms with Crippen LogP contribution < -0.4 is 9.47 Å². The van der Waals surface area contributed by atoms with E-state index in [9.17, 15) is 4.79 Å². The molecule has 1 atom stereocenters. The maximum Gasteiger partial charge on any atom is 0.328 e. The van der Waals surface area contributed by atoms with Crippen molar-refractivity contribution < 1.29 is 19.4 Å². The second-order valence-electron chi connectivity index (χ2n) is 10.4. The quantitative estimate of drug-likeness (QED) is 0.261. The molecule has 41 heavy (non-hydrogen) atoms. The first-order valence-electron chi connectivity index (χ1n) is 13.8. The molecule has 1 fully saturated rings. The Bertz CT molecular complexity index is 1530. The molecule has 2 aromatic heterocycles. The van der Waals surface area contributed by atoms with Crippen LogP contribution in [-0.2, 0) is 17.9 Å². The summed E-state index contributed by atoms with van der Waals surface area (Å²) in [6.45, 7) is 3.56. The smallest absolute Gasteiger partial charge is 0.328 e. The molecule has 6 rings (SSSR count). The molecule has 1 saturated heterocycles. The molecule has 0 amide bonds. The largest absolute Gasteiger partial charge is 0.485 e. The number of likely N-dealkylation sites (tertiary alicyclic amines) is 1. The first-order valence-corrected chi connectivity index (χ1v) is 14.2. The van der Waals surface area contributed by atoms with Crippen LogP contribution in [0.5, 0.6) is 11.5 Å². The van der Waals surface area contributed by atoms with Gasteiger partial charge in [-0.15, -0.1) is 0 Å². The molecule has 0 saturated carbocycles. The van der Waals surface area contributed by atoms with Gasteiger partial charge in [0.05, 0.1) is 25.0 Å². The van der Waals surface area contributed by atoms with Crippen LogP contribution in [0.3, 0.4) is 0 Å². The predicted molar refractivity (Wildman–Crippen MR) is 156 cm³/mol. The number of rotatable bonds is 8. The van der Waals surface area contributed by atoms with Crippen LogP contribution in [0.25, 0.3) is 6.08 Å². The molecule has 4 aromatic rings. The van der Waals surface area contributed by atoms with Gasteiger partial charge in [0.15, 0.2) is 17.6 Å². The SMILES string of the molecule is O=C(O)C=Cc1cnc(CN2CCC(c3cccc4c3OCC(c3ccc(Cl)cc3)O4)CC2)n1Cc1cccnc1. The molecule has 0 radical (unpaired) electrons. The van der Waals surface area contributed by atoms with Crippen molar-refractivity contribution in [3.63, 3.8) is 0 Å². The maximum atomic E-state index is 11.1. The topological polar surface area (TPSA) is 89.7 Å². The minimum Gasteiger partial charge on any atom is -0.485 e. The number of hydrogen-bond acceptors (Lipinski definition) is 6. The summed E-state index contributed by atoms with van der Waals surface area (Å²) >= 11 is 6.05. The van der Waals surface area contributed by atoms with Gasteiger partial charge in [-0.3, -0.25) is 9.88 Å². The van der Waals surface area contributed by atoms with Crippen molar-refractivity contribution in [3.05, 3.63) is 112 Å². The third kappa shape index (κ3) is 6.29. The molecule has 4 heterocycles. The van der Waals surface area contributed by atoms with Crippen molar-refractivity contribution in [3.8, 4) is 11.5 Å². The first-order chi connectivity index (χ1) is 20.0. The minimum absolute atomic E-state index is 0.164. The number of halogens is 1. The monoisotopic (exact) mass is 570 g/mol. The Balaban J connectivity index is 1.13. The lowest BCUT2D eigenvalue weighted by Gasteiger charge is -2.34. The minimum atomic E-state index is -0.985. The zero-order valence-electron chi connectivity index (χ0n) is 22.5. The number of pyridine rings is 1. The number of aliphatic carboxylic acids is 1. The van der Waals surface area contributed by atoms with Gasteiger partial charge in [0.25, 0.3) is 0 Å². The van der Waals surface area contributed by atoms with E-state index >= 15 is 0 Å². The van der Waals surface area contributed by atoms with Crippen LogP contribution in [0.2, 0.25) is 5.02 Å². The summed E-state index contributed by atoms with van der Waals surface area (Å²) in [5.41, 5.74) is 4.04. The molecule has 1 unspecified atom stereocenters. The molecule has 9 heteroatoms. The van der Waals surface area contributed by atoms with Crippen LogP contribution in [0.15, 0.2) is 79.3 Å². The molecule has 2 aliphatic rings. The van der Waals surface area contributed by atoms with E-state index in [4.69, 9.17) is 26.2 Å². The molecule has 0 spiro atoms. The Labute approximate surface area is 243 Å². The molecule has 210 valence electrons.